The molecule has 0 aromatic heterocycles. The van der Waals surface area contributed by atoms with Crippen molar-refractivity contribution in [1.82, 2.24) is 5.06 Å². The lowest BCUT2D eigenvalue weighted by Crippen LogP contribution is -2.42. The molecule has 0 atom stereocenters. The molecule has 1 saturated heterocycles. The smallest absolute Gasteiger partial charge is 0.487 e. The summed E-state index contributed by atoms with van der Waals surface area (Å²) in [7, 11) is 0. The fourth-order valence-corrected chi connectivity index (χ4v) is 1.96. The van der Waals surface area contributed by atoms with Gasteiger partial charge in [0.25, 0.3) is 0 Å². The molecule has 0 radical (unpaired) electrons. The minimum atomic E-state index is -5.05. The lowest BCUT2D eigenvalue weighted by atomic mass is 10.1. The third-order valence-electron chi connectivity index (χ3n) is 3.03. The molecule has 1 aromatic carbocycles. The summed E-state index contributed by atoms with van der Waals surface area (Å²) in [5.41, 5.74) is 0. The number of hydrogen-bond acceptors (Lipinski definition) is 4. The molecule has 9 heteroatoms. The zero-order valence-electron chi connectivity index (χ0n) is 11.2. The quantitative estimate of drug-likeness (QED) is 0.801. The predicted molar refractivity (Wildman–Crippen MR) is 63.7 cm³/mol. The van der Waals surface area contributed by atoms with Crippen molar-refractivity contribution >= 4 is 5.97 Å². The molecule has 1 aliphatic rings. The standard InChI is InChI=1S/C13H12F5NO3/c14-8-1-2-11(10(15)7-8)21-9-3-5-19(6-4-9)22-12(20)13(16,17)18/h1-2,7,9H,3-6H2. The van der Waals surface area contributed by atoms with Crippen LogP contribution in [0, 0.1) is 11.6 Å². The minimum Gasteiger partial charge on any atom is -0.487 e. The molecule has 22 heavy (non-hydrogen) atoms. The summed E-state index contributed by atoms with van der Waals surface area (Å²) in [4.78, 5) is 14.9. The number of hydrogen-bond donors (Lipinski definition) is 0. The summed E-state index contributed by atoms with van der Waals surface area (Å²) in [5.74, 6) is -4.01. The Morgan fingerprint density at radius 3 is 2.36 bits per heavy atom. The Labute approximate surface area is 122 Å². The zero-order valence-corrected chi connectivity index (χ0v) is 11.2. The molecule has 1 aromatic rings. The maximum atomic E-state index is 13.4. The second kappa shape index (κ2) is 6.47. The molecule has 0 saturated carbocycles. The van der Waals surface area contributed by atoms with E-state index in [2.05, 4.69) is 4.84 Å². The highest BCUT2D eigenvalue weighted by Crippen LogP contribution is 2.24. The van der Waals surface area contributed by atoms with Crippen LogP contribution in [-0.4, -0.2) is 36.4 Å². The van der Waals surface area contributed by atoms with Crippen LogP contribution in [0.2, 0.25) is 0 Å². The number of alkyl halides is 3. The van der Waals surface area contributed by atoms with Gasteiger partial charge in [0.15, 0.2) is 11.6 Å². The van der Waals surface area contributed by atoms with Crippen molar-refractivity contribution in [3.63, 3.8) is 0 Å². The van der Waals surface area contributed by atoms with Gasteiger partial charge in [-0.2, -0.15) is 13.2 Å². The largest absolute Gasteiger partial charge is 0.492 e. The molecule has 4 nitrogen and oxygen atoms in total. The first-order chi connectivity index (χ1) is 10.3. The van der Waals surface area contributed by atoms with Gasteiger partial charge >= 0.3 is 12.1 Å². The molecule has 0 unspecified atom stereocenters. The van der Waals surface area contributed by atoms with Gasteiger partial charge in [-0.05, 0) is 12.1 Å². The molecule has 0 spiro atoms. The van der Waals surface area contributed by atoms with Crippen LogP contribution in [0.4, 0.5) is 22.0 Å². The van der Waals surface area contributed by atoms with E-state index < -0.39 is 29.9 Å². The van der Waals surface area contributed by atoms with Gasteiger partial charge in [-0.15, -0.1) is 5.06 Å². The third kappa shape index (κ3) is 4.30. The lowest BCUT2D eigenvalue weighted by Gasteiger charge is -2.30. The number of hydroxylamine groups is 2. The number of halogens is 5. The van der Waals surface area contributed by atoms with E-state index in [-0.39, 0.29) is 31.7 Å². The SMILES string of the molecule is O=C(ON1CCC(Oc2ccc(F)cc2F)CC1)C(F)(F)F. The van der Waals surface area contributed by atoms with Crippen LogP contribution in [0.5, 0.6) is 5.75 Å². The van der Waals surface area contributed by atoms with E-state index in [9.17, 15) is 26.7 Å². The highest BCUT2D eigenvalue weighted by Gasteiger charge is 2.43. The van der Waals surface area contributed by atoms with Crippen LogP contribution in [0.3, 0.4) is 0 Å². The molecule has 1 heterocycles. The van der Waals surface area contributed by atoms with Crippen LogP contribution >= 0.6 is 0 Å². The zero-order chi connectivity index (χ0) is 16.3. The summed E-state index contributed by atoms with van der Waals surface area (Å²) in [5, 5.41) is 0.886. The van der Waals surface area contributed by atoms with Crippen molar-refractivity contribution in [3.8, 4) is 5.75 Å². The van der Waals surface area contributed by atoms with Gasteiger partial charge in [0.1, 0.15) is 11.9 Å². The van der Waals surface area contributed by atoms with Crippen LogP contribution < -0.4 is 4.74 Å². The Balaban J connectivity index is 1.83. The summed E-state index contributed by atoms with van der Waals surface area (Å²) >= 11 is 0. The van der Waals surface area contributed by atoms with E-state index >= 15 is 0 Å². The monoisotopic (exact) mass is 325 g/mol. The summed E-state index contributed by atoms with van der Waals surface area (Å²) < 4.78 is 67.6. The molecule has 0 amide bonds. The second-order valence-corrected chi connectivity index (χ2v) is 4.70. The van der Waals surface area contributed by atoms with E-state index in [0.717, 1.165) is 17.2 Å². The molecule has 1 fully saturated rings. The van der Waals surface area contributed by atoms with Crippen LogP contribution in [0.1, 0.15) is 12.8 Å². The van der Waals surface area contributed by atoms with Crippen molar-refractivity contribution in [2.75, 3.05) is 13.1 Å². The fourth-order valence-electron chi connectivity index (χ4n) is 1.96. The number of carbonyl (C=O) groups excluding carboxylic acids is 1. The van der Waals surface area contributed by atoms with Crippen molar-refractivity contribution in [2.45, 2.75) is 25.1 Å². The molecule has 0 aliphatic carbocycles. The minimum absolute atomic E-state index is 0.0231. The Morgan fingerprint density at radius 2 is 1.82 bits per heavy atom. The molecule has 2 rings (SSSR count). The van der Waals surface area contributed by atoms with Crippen molar-refractivity contribution < 1.29 is 36.3 Å². The normalized spacial score (nSPS) is 17.3. The number of ether oxygens (including phenoxy) is 1. The second-order valence-electron chi connectivity index (χ2n) is 4.70. The number of benzene rings is 1. The Bertz CT molecular complexity index is 541. The first-order valence-corrected chi connectivity index (χ1v) is 6.41. The highest BCUT2D eigenvalue weighted by molar-refractivity contribution is 5.75. The Kier molecular flexibility index (Phi) is 4.84. The Morgan fingerprint density at radius 1 is 1.18 bits per heavy atom. The molecular weight excluding hydrogens is 313 g/mol. The van der Waals surface area contributed by atoms with E-state index in [1.807, 2.05) is 0 Å². The van der Waals surface area contributed by atoms with Gasteiger partial charge in [-0.25, -0.2) is 13.6 Å². The van der Waals surface area contributed by atoms with Gasteiger partial charge in [-0.3, -0.25) is 0 Å². The van der Waals surface area contributed by atoms with E-state index in [0.29, 0.717) is 6.07 Å². The van der Waals surface area contributed by atoms with E-state index in [1.165, 1.54) is 0 Å². The van der Waals surface area contributed by atoms with Gasteiger partial charge in [0.2, 0.25) is 0 Å². The lowest BCUT2D eigenvalue weighted by molar-refractivity contribution is -0.243. The highest BCUT2D eigenvalue weighted by atomic mass is 19.4. The number of rotatable bonds is 3. The van der Waals surface area contributed by atoms with Crippen LogP contribution in [0.15, 0.2) is 18.2 Å². The van der Waals surface area contributed by atoms with Crippen LogP contribution in [0.25, 0.3) is 0 Å². The average Bonchev–Trinajstić information content (AvgIpc) is 2.43. The number of piperidine rings is 1. The molecule has 0 bridgehead atoms. The van der Waals surface area contributed by atoms with E-state index in [1.54, 1.807) is 0 Å². The van der Waals surface area contributed by atoms with Gasteiger partial charge in [-0.1, -0.05) is 0 Å². The maximum Gasteiger partial charge on any atom is 0.492 e. The summed E-state index contributed by atoms with van der Waals surface area (Å²) in [6.45, 7) is 0.0462. The van der Waals surface area contributed by atoms with Crippen molar-refractivity contribution in [1.29, 1.82) is 0 Å². The molecule has 1 aliphatic heterocycles. The van der Waals surface area contributed by atoms with Crippen molar-refractivity contribution in [2.24, 2.45) is 0 Å². The first-order valence-electron chi connectivity index (χ1n) is 6.41. The Hall–Kier alpha value is -1.90. The molecule has 122 valence electrons. The average molecular weight is 325 g/mol. The van der Waals surface area contributed by atoms with Gasteiger partial charge in [0.05, 0.1) is 0 Å². The first kappa shape index (κ1) is 16.5. The van der Waals surface area contributed by atoms with Gasteiger partial charge in [0, 0.05) is 32.0 Å². The predicted octanol–water partition coefficient (Wildman–Crippen LogP) is 2.83. The molecular formula is C13H12F5NO3. The summed E-state index contributed by atoms with van der Waals surface area (Å²) in [6, 6.07) is 2.86. The molecule has 0 N–H and O–H groups in total. The topological polar surface area (TPSA) is 38.8 Å². The maximum absolute atomic E-state index is 13.4. The summed E-state index contributed by atoms with van der Waals surface area (Å²) in [6.07, 6.45) is -5.03. The fraction of sp³-hybridized carbons (Fsp3) is 0.462. The van der Waals surface area contributed by atoms with Crippen molar-refractivity contribution in [3.05, 3.63) is 29.8 Å². The number of nitrogens with zero attached hydrogens (tertiary/aromatic N) is 1. The van der Waals surface area contributed by atoms with E-state index in [4.69, 9.17) is 4.74 Å². The van der Waals surface area contributed by atoms with Crippen LogP contribution in [-0.2, 0) is 9.63 Å². The number of carbonyl (C=O) groups is 1. The third-order valence-corrected chi connectivity index (χ3v) is 3.03. The van der Waals surface area contributed by atoms with Gasteiger partial charge < -0.3 is 9.57 Å².